The van der Waals surface area contributed by atoms with Gasteiger partial charge in [0.25, 0.3) is 0 Å². The summed E-state index contributed by atoms with van der Waals surface area (Å²) in [6.07, 6.45) is 1.77. The molecule has 11 heteroatoms. The van der Waals surface area contributed by atoms with Crippen LogP contribution in [-0.4, -0.2) is 40.3 Å². The number of nitrogens with zero attached hydrogens (tertiary/aromatic N) is 3. The summed E-state index contributed by atoms with van der Waals surface area (Å²) in [5.41, 5.74) is 2.54. The van der Waals surface area contributed by atoms with Crippen LogP contribution < -0.4 is 15.0 Å². The van der Waals surface area contributed by atoms with Crippen molar-refractivity contribution in [1.29, 1.82) is 0 Å². The van der Waals surface area contributed by atoms with Crippen LogP contribution in [0.2, 0.25) is 5.02 Å². The van der Waals surface area contributed by atoms with Gasteiger partial charge in [0.1, 0.15) is 29.5 Å². The molecule has 1 amide bonds. The monoisotopic (exact) mass is 548 g/mol. The fourth-order valence-corrected chi connectivity index (χ4v) is 5.36. The number of amides is 1. The Morgan fingerprint density at radius 2 is 1.95 bits per heavy atom. The maximum Gasteiger partial charge on any atom is 0.412 e. The molecule has 39 heavy (non-hydrogen) atoms. The number of rotatable bonds is 3. The van der Waals surface area contributed by atoms with E-state index in [-0.39, 0.29) is 35.3 Å². The van der Waals surface area contributed by atoms with Crippen LogP contribution in [0, 0.1) is 12.7 Å². The van der Waals surface area contributed by atoms with E-state index in [4.69, 9.17) is 21.1 Å². The number of carbonyl (C=O) groups is 2. The molecule has 0 spiro atoms. The first-order valence-corrected chi connectivity index (χ1v) is 12.5. The third-order valence-corrected chi connectivity index (χ3v) is 7.40. The number of benzene rings is 2. The van der Waals surface area contributed by atoms with Crippen LogP contribution >= 0.6 is 11.6 Å². The van der Waals surface area contributed by atoms with E-state index < -0.39 is 23.5 Å². The van der Waals surface area contributed by atoms with E-state index in [2.05, 4.69) is 15.3 Å². The van der Waals surface area contributed by atoms with Crippen LogP contribution in [0.4, 0.5) is 26.4 Å². The molecule has 198 valence electrons. The summed E-state index contributed by atoms with van der Waals surface area (Å²) in [6.45, 7) is 5.67. The van der Waals surface area contributed by atoms with Crippen LogP contribution in [0.3, 0.4) is 0 Å². The topological polar surface area (TPSA) is 114 Å². The molecule has 2 aliphatic rings. The van der Waals surface area contributed by atoms with Crippen LogP contribution in [0.1, 0.15) is 35.3 Å². The smallest absolute Gasteiger partial charge is 0.412 e. The number of hydrogen-bond donors (Lipinski definition) is 2. The maximum absolute atomic E-state index is 15.6. The van der Waals surface area contributed by atoms with Gasteiger partial charge in [-0.25, -0.2) is 23.9 Å². The predicted molar refractivity (Wildman–Crippen MR) is 144 cm³/mol. The number of carbonyl (C=O) groups excluding carboxylic acids is 1. The highest BCUT2D eigenvalue weighted by atomic mass is 35.5. The SMILES string of the molecule is Cc1c(-c2cc3cc(Nc4ccc5c(c4)C(=O)OC5(C)C)ncc3c(Cl)c2F)cnc2c1N(C(=O)O)CCO2. The highest BCUT2D eigenvalue weighted by Crippen LogP contribution is 2.42. The fourth-order valence-electron chi connectivity index (χ4n) is 5.10. The van der Waals surface area contributed by atoms with Gasteiger partial charge in [-0.05, 0) is 56.0 Å². The number of esters is 1. The summed E-state index contributed by atoms with van der Waals surface area (Å²) in [5.74, 6) is -0.435. The third kappa shape index (κ3) is 3.99. The first-order chi connectivity index (χ1) is 18.5. The number of hydrogen-bond acceptors (Lipinski definition) is 7. The first-order valence-electron chi connectivity index (χ1n) is 12.1. The second-order valence-electron chi connectivity index (χ2n) is 9.86. The van der Waals surface area contributed by atoms with Gasteiger partial charge in [0.2, 0.25) is 5.88 Å². The third-order valence-electron chi connectivity index (χ3n) is 7.03. The van der Waals surface area contributed by atoms with E-state index in [0.717, 1.165) is 10.5 Å². The molecular formula is C28H22ClFN4O5. The number of ether oxygens (including phenoxy) is 2. The minimum atomic E-state index is -1.15. The molecule has 4 heterocycles. The lowest BCUT2D eigenvalue weighted by Gasteiger charge is -2.28. The Hall–Kier alpha value is -4.44. The highest BCUT2D eigenvalue weighted by molar-refractivity contribution is 6.36. The van der Waals surface area contributed by atoms with Gasteiger partial charge in [-0.15, -0.1) is 0 Å². The van der Waals surface area contributed by atoms with Crippen molar-refractivity contribution in [3.8, 4) is 17.0 Å². The predicted octanol–water partition coefficient (Wildman–Crippen LogP) is 6.42. The van der Waals surface area contributed by atoms with Crippen molar-refractivity contribution in [1.82, 2.24) is 9.97 Å². The Labute approximate surface area is 227 Å². The first kappa shape index (κ1) is 24.9. The maximum atomic E-state index is 15.6. The van der Waals surface area contributed by atoms with Crippen molar-refractivity contribution >= 4 is 51.6 Å². The van der Waals surface area contributed by atoms with E-state index >= 15 is 4.39 Å². The van der Waals surface area contributed by atoms with E-state index in [1.807, 2.05) is 26.0 Å². The summed E-state index contributed by atoms with van der Waals surface area (Å²) in [7, 11) is 0. The van der Waals surface area contributed by atoms with Crippen molar-refractivity contribution in [2.45, 2.75) is 26.4 Å². The molecule has 0 radical (unpaired) electrons. The van der Waals surface area contributed by atoms with Gasteiger partial charge in [-0.2, -0.15) is 0 Å². The van der Waals surface area contributed by atoms with Crippen molar-refractivity contribution in [3.05, 3.63) is 70.3 Å². The molecule has 2 N–H and O–H groups in total. The minimum absolute atomic E-state index is 0.118. The summed E-state index contributed by atoms with van der Waals surface area (Å²) >= 11 is 6.44. The van der Waals surface area contributed by atoms with Crippen LogP contribution in [-0.2, 0) is 10.3 Å². The van der Waals surface area contributed by atoms with E-state index in [9.17, 15) is 14.7 Å². The lowest BCUT2D eigenvalue weighted by atomic mass is 9.96. The average Bonchev–Trinajstić information content (AvgIpc) is 3.13. The Balaban J connectivity index is 1.41. The summed E-state index contributed by atoms with van der Waals surface area (Å²) < 4.78 is 26.5. The van der Waals surface area contributed by atoms with Gasteiger partial charge >= 0.3 is 12.1 Å². The summed E-state index contributed by atoms with van der Waals surface area (Å²) in [6, 6.07) is 8.71. The minimum Gasteiger partial charge on any atom is -0.474 e. The molecule has 0 aliphatic carbocycles. The Morgan fingerprint density at radius 1 is 1.15 bits per heavy atom. The van der Waals surface area contributed by atoms with Crippen molar-refractivity contribution < 1.29 is 28.6 Å². The number of cyclic esters (lactones) is 1. The lowest BCUT2D eigenvalue weighted by molar-refractivity contribution is 0.00953. The molecule has 0 fully saturated rings. The zero-order chi connectivity index (χ0) is 27.6. The van der Waals surface area contributed by atoms with Gasteiger partial charge < -0.3 is 19.9 Å². The molecule has 0 atom stereocenters. The van der Waals surface area contributed by atoms with E-state index in [0.29, 0.717) is 39.0 Å². The molecule has 4 aromatic rings. The zero-order valence-corrected chi connectivity index (χ0v) is 21.9. The number of fused-ring (bicyclic) bond motifs is 3. The highest BCUT2D eigenvalue weighted by Gasteiger charge is 2.37. The van der Waals surface area contributed by atoms with Crippen LogP contribution in [0.5, 0.6) is 5.88 Å². The van der Waals surface area contributed by atoms with Crippen molar-refractivity contribution in [3.63, 3.8) is 0 Å². The average molecular weight is 549 g/mol. The van der Waals surface area contributed by atoms with Gasteiger partial charge in [0.15, 0.2) is 0 Å². The van der Waals surface area contributed by atoms with Gasteiger partial charge in [-0.1, -0.05) is 17.7 Å². The summed E-state index contributed by atoms with van der Waals surface area (Å²) in [5, 5.41) is 13.7. The molecule has 0 unspecified atom stereocenters. The molecular weight excluding hydrogens is 527 g/mol. The van der Waals surface area contributed by atoms with Gasteiger partial charge in [0.05, 0.1) is 17.1 Å². The Bertz CT molecular complexity index is 1720. The quantitative estimate of drug-likeness (QED) is 0.282. The van der Waals surface area contributed by atoms with E-state index in [1.54, 1.807) is 25.1 Å². The van der Waals surface area contributed by atoms with Crippen LogP contribution in [0.15, 0.2) is 42.7 Å². The molecule has 9 nitrogen and oxygen atoms in total. The number of anilines is 3. The van der Waals surface area contributed by atoms with E-state index in [1.165, 1.54) is 12.4 Å². The van der Waals surface area contributed by atoms with Crippen LogP contribution in [0.25, 0.3) is 21.9 Å². The molecule has 2 aromatic heterocycles. The molecule has 6 rings (SSSR count). The zero-order valence-electron chi connectivity index (χ0n) is 21.1. The fraction of sp³-hybridized carbons (Fsp3) is 0.214. The lowest BCUT2D eigenvalue weighted by Crippen LogP contribution is -2.37. The number of carboxylic acid groups (broad SMARTS) is 1. The summed E-state index contributed by atoms with van der Waals surface area (Å²) in [4.78, 5) is 33.9. The number of halogens is 2. The normalized spacial score (nSPS) is 15.4. The number of nitrogens with one attached hydrogen (secondary N) is 1. The second kappa shape index (κ2) is 8.81. The molecule has 0 saturated heterocycles. The van der Waals surface area contributed by atoms with Crippen molar-refractivity contribution in [2.75, 3.05) is 23.4 Å². The van der Waals surface area contributed by atoms with Crippen molar-refractivity contribution in [2.24, 2.45) is 0 Å². The molecule has 2 aliphatic heterocycles. The second-order valence-corrected chi connectivity index (χ2v) is 10.2. The largest absolute Gasteiger partial charge is 0.474 e. The Morgan fingerprint density at radius 3 is 2.72 bits per heavy atom. The van der Waals surface area contributed by atoms with Gasteiger partial charge in [0, 0.05) is 40.2 Å². The number of pyridine rings is 2. The Kier molecular flexibility index (Phi) is 5.62. The molecule has 2 aromatic carbocycles. The molecule has 0 bridgehead atoms. The molecule has 0 saturated carbocycles. The standard InChI is InChI=1S/C28H22ClFN4O5/c1-13-18(11-32-25-24(13)34(27(36)37)6-7-38-25)16-8-14-9-21(31-12-19(14)22(29)23(16)30)33-15-4-5-20-17(10-15)26(35)39-28(20,2)3/h4-5,8-12H,6-7H2,1-3H3,(H,31,33)(H,36,37). The van der Waals surface area contributed by atoms with Gasteiger partial charge in [-0.3, -0.25) is 4.90 Å². The number of aromatic nitrogens is 2.